The lowest BCUT2D eigenvalue weighted by Crippen LogP contribution is -2.24. The van der Waals surface area contributed by atoms with Crippen molar-refractivity contribution < 1.29 is 0 Å². The smallest absolute Gasteiger partial charge is 0.115 e. The van der Waals surface area contributed by atoms with Gasteiger partial charge in [-0.3, -0.25) is 0 Å². The van der Waals surface area contributed by atoms with E-state index in [0.29, 0.717) is 5.41 Å². The second kappa shape index (κ2) is 5.23. The molecule has 3 heteroatoms. The Morgan fingerprint density at radius 2 is 2.05 bits per heavy atom. The van der Waals surface area contributed by atoms with Gasteiger partial charge in [0.05, 0.1) is 0 Å². The summed E-state index contributed by atoms with van der Waals surface area (Å²) in [7, 11) is 0. The van der Waals surface area contributed by atoms with E-state index in [1.807, 2.05) is 12.4 Å². The lowest BCUT2D eigenvalue weighted by atomic mass is 9.78. The summed E-state index contributed by atoms with van der Waals surface area (Å²) in [6.07, 6.45) is 10.7. The zero-order chi connectivity index (χ0) is 14.1. The van der Waals surface area contributed by atoms with Gasteiger partial charge >= 0.3 is 0 Å². The third-order valence-corrected chi connectivity index (χ3v) is 5.19. The number of aromatic nitrogens is 2. The van der Waals surface area contributed by atoms with Crippen LogP contribution in [0.25, 0.3) is 0 Å². The lowest BCUT2D eigenvalue weighted by Gasteiger charge is -2.26. The van der Waals surface area contributed by atoms with Crippen molar-refractivity contribution in [2.75, 3.05) is 6.54 Å². The van der Waals surface area contributed by atoms with Gasteiger partial charge in [-0.25, -0.2) is 9.97 Å². The fourth-order valence-electron chi connectivity index (χ4n) is 4.05. The second-order valence-electron chi connectivity index (χ2n) is 6.45. The molecule has 0 saturated heterocycles. The molecule has 21 heavy (non-hydrogen) atoms. The first kappa shape index (κ1) is 13.0. The van der Waals surface area contributed by atoms with Crippen LogP contribution in [0.15, 0.2) is 43.0 Å². The summed E-state index contributed by atoms with van der Waals surface area (Å²) in [4.78, 5) is 8.12. The van der Waals surface area contributed by atoms with Crippen molar-refractivity contribution in [3.8, 4) is 0 Å². The van der Waals surface area contributed by atoms with Gasteiger partial charge < -0.3 is 5.32 Å². The molecule has 0 bridgehead atoms. The van der Waals surface area contributed by atoms with E-state index < -0.39 is 0 Å². The minimum Gasteiger partial charge on any atom is -0.312 e. The van der Waals surface area contributed by atoms with E-state index in [1.54, 1.807) is 17.5 Å². The van der Waals surface area contributed by atoms with Crippen LogP contribution >= 0.6 is 0 Å². The Labute approximate surface area is 125 Å². The molecule has 0 unspecified atom stereocenters. The molecule has 1 aromatic heterocycles. The van der Waals surface area contributed by atoms with E-state index >= 15 is 0 Å². The molecule has 4 rings (SSSR count). The number of hydrogen-bond donors (Lipinski definition) is 1. The van der Waals surface area contributed by atoms with Crippen LogP contribution in [0.1, 0.15) is 36.0 Å². The van der Waals surface area contributed by atoms with Crippen LogP contribution in [0.4, 0.5) is 0 Å². The molecule has 1 spiro atoms. The molecule has 2 aliphatic rings. The number of nitrogens with zero attached hydrogens (tertiary/aromatic N) is 2. The van der Waals surface area contributed by atoms with Crippen molar-refractivity contribution in [3.63, 3.8) is 0 Å². The van der Waals surface area contributed by atoms with Gasteiger partial charge in [-0.2, -0.15) is 0 Å². The highest BCUT2D eigenvalue weighted by Crippen LogP contribution is 2.59. The third kappa shape index (κ3) is 2.36. The minimum absolute atomic E-state index is 0.481. The summed E-state index contributed by atoms with van der Waals surface area (Å²) in [5, 5.41) is 3.59. The topological polar surface area (TPSA) is 37.8 Å². The largest absolute Gasteiger partial charge is 0.312 e. The Balaban J connectivity index is 1.40. The van der Waals surface area contributed by atoms with Crippen LogP contribution in [0, 0.1) is 5.92 Å². The zero-order valence-electron chi connectivity index (χ0n) is 12.3. The van der Waals surface area contributed by atoms with Crippen molar-refractivity contribution in [2.45, 2.75) is 37.6 Å². The molecule has 3 nitrogen and oxygen atoms in total. The van der Waals surface area contributed by atoms with Gasteiger partial charge in [-0.15, -0.1) is 0 Å². The third-order valence-electron chi connectivity index (χ3n) is 5.19. The standard InChI is InChI=1S/C18H21N3/c1-2-6-17-15(4-1)5-3-7-18(17)8-16(18)12-19-9-14-10-20-13-21-11-14/h1-2,4,6,10-11,13,16,19H,3,5,7-9,12H2/t16-,18-/m1/s1. The highest BCUT2D eigenvalue weighted by Gasteiger charge is 2.55. The van der Waals surface area contributed by atoms with Crippen molar-refractivity contribution >= 4 is 0 Å². The molecule has 108 valence electrons. The van der Waals surface area contributed by atoms with Crippen LogP contribution < -0.4 is 5.32 Å². The number of nitrogens with one attached hydrogen (secondary N) is 1. The fourth-order valence-corrected chi connectivity index (χ4v) is 4.05. The summed E-state index contributed by atoms with van der Waals surface area (Å²) in [6, 6.07) is 9.07. The molecule has 0 radical (unpaired) electrons. The number of hydrogen-bond acceptors (Lipinski definition) is 3. The van der Waals surface area contributed by atoms with E-state index in [1.165, 1.54) is 25.7 Å². The Kier molecular flexibility index (Phi) is 3.23. The Bertz CT molecular complexity index is 625. The first-order valence-electron chi connectivity index (χ1n) is 7.91. The molecule has 2 aliphatic carbocycles. The number of benzene rings is 1. The maximum atomic E-state index is 4.06. The van der Waals surface area contributed by atoms with Gasteiger partial charge in [0.25, 0.3) is 0 Å². The van der Waals surface area contributed by atoms with Crippen LogP contribution in [0.3, 0.4) is 0 Å². The Morgan fingerprint density at radius 1 is 1.19 bits per heavy atom. The number of fused-ring (bicyclic) bond motifs is 2. The van der Waals surface area contributed by atoms with E-state index in [4.69, 9.17) is 0 Å². The minimum atomic E-state index is 0.481. The maximum Gasteiger partial charge on any atom is 0.115 e. The first-order valence-corrected chi connectivity index (χ1v) is 7.91. The summed E-state index contributed by atoms with van der Waals surface area (Å²) >= 11 is 0. The van der Waals surface area contributed by atoms with Crippen LogP contribution in [-0.2, 0) is 18.4 Å². The second-order valence-corrected chi connectivity index (χ2v) is 6.45. The highest BCUT2D eigenvalue weighted by molar-refractivity contribution is 5.42. The molecule has 1 saturated carbocycles. The predicted octanol–water partition coefficient (Wildman–Crippen LogP) is 2.86. The SMILES string of the molecule is c1ccc2c(c1)CCC[C@]21C[C@@H]1CNCc1cncnc1. The lowest BCUT2D eigenvalue weighted by molar-refractivity contribution is 0.478. The van der Waals surface area contributed by atoms with Crippen LogP contribution in [0.5, 0.6) is 0 Å². The molecule has 1 N–H and O–H groups in total. The van der Waals surface area contributed by atoms with E-state index in [-0.39, 0.29) is 0 Å². The van der Waals surface area contributed by atoms with Crippen molar-refractivity contribution in [1.82, 2.24) is 15.3 Å². The number of aryl methyl sites for hydroxylation is 1. The molecule has 0 amide bonds. The molecule has 0 aliphatic heterocycles. The van der Waals surface area contributed by atoms with Crippen molar-refractivity contribution in [3.05, 3.63) is 59.7 Å². The summed E-state index contributed by atoms with van der Waals surface area (Å²) in [5.74, 6) is 0.795. The molecular formula is C18H21N3. The van der Waals surface area contributed by atoms with Gasteiger partial charge in [0.15, 0.2) is 0 Å². The van der Waals surface area contributed by atoms with E-state index in [9.17, 15) is 0 Å². The average molecular weight is 279 g/mol. The van der Waals surface area contributed by atoms with E-state index in [2.05, 4.69) is 39.6 Å². The van der Waals surface area contributed by atoms with Gasteiger partial charge in [0, 0.05) is 24.5 Å². The van der Waals surface area contributed by atoms with E-state index in [0.717, 1.165) is 24.6 Å². The van der Waals surface area contributed by atoms with Crippen LogP contribution in [-0.4, -0.2) is 16.5 Å². The molecule has 1 heterocycles. The fraction of sp³-hybridized carbons (Fsp3) is 0.444. The normalized spacial score (nSPS) is 26.6. The first-order chi connectivity index (χ1) is 10.4. The van der Waals surface area contributed by atoms with Gasteiger partial charge in [0.1, 0.15) is 6.33 Å². The summed E-state index contributed by atoms with van der Waals surface area (Å²) in [6.45, 7) is 1.97. The zero-order valence-corrected chi connectivity index (χ0v) is 12.3. The Hall–Kier alpha value is -1.74. The quantitative estimate of drug-likeness (QED) is 0.935. The van der Waals surface area contributed by atoms with Gasteiger partial charge in [0.2, 0.25) is 0 Å². The number of rotatable bonds is 4. The van der Waals surface area contributed by atoms with Gasteiger partial charge in [-0.05, 0) is 54.7 Å². The molecule has 2 atom stereocenters. The summed E-state index contributed by atoms with van der Waals surface area (Å²) in [5.41, 5.74) is 4.86. The highest BCUT2D eigenvalue weighted by atomic mass is 14.9. The molecular weight excluding hydrogens is 258 g/mol. The average Bonchev–Trinajstić information content (AvgIpc) is 3.22. The van der Waals surface area contributed by atoms with Crippen molar-refractivity contribution in [1.29, 1.82) is 0 Å². The summed E-state index contributed by atoms with van der Waals surface area (Å²) < 4.78 is 0. The Morgan fingerprint density at radius 3 is 2.95 bits per heavy atom. The maximum absolute atomic E-state index is 4.06. The molecule has 2 aromatic rings. The molecule has 1 aromatic carbocycles. The van der Waals surface area contributed by atoms with Gasteiger partial charge in [-0.1, -0.05) is 24.3 Å². The van der Waals surface area contributed by atoms with Crippen molar-refractivity contribution in [2.24, 2.45) is 5.92 Å². The predicted molar refractivity (Wildman–Crippen MR) is 82.9 cm³/mol. The van der Waals surface area contributed by atoms with Crippen LogP contribution in [0.2, 0.25) is 0 Å². The molecule has 1 fully saturated rings. The monoisotopic (exact) mass is 279 g/mol.